The van der Waals surface area contributed by atoms with Crippen LogP contribution in [0, 0.1) is 10.5 Å². The summed E-state index contributed by atoms with van der Waals surface area (Å²) in [4.78, 5) is 0. The topological polar surface area (TPSA) is 0 Å². The van der Waals surface area contributed by atoms with Gasteiger partial charge in [-0.3, -0.25) is 0 Å². The minimum Gasteiger partial charge on any atom is -0.0579 e. The summed E-state index contributed by atoms with van der Waals surface area (Å²) in [7, 11) is 0. The average Bonchev–Trinajstić information content (AvgIpc) is 1.80. The van der Waals surface area contributed by atoms with Crippen molar-refractivity contribution in [2.45, 2.75) is 0 Å². The van der Waals surface area contributed by atoms with Gasteiger partial charge in [0.05, 0.1) is 0 Å². The molecule has 1 aromatic rings. The lowest BCUT2D eigenvalue weighted by molar-refractivity contribution is 1.53. The summed E-state index contributed by atoms with van der Waals surface area (Å²) in [5.74, 6) is 0. The molecule has 0 atom stereocenters. The van der Waals surface area contributed by atoms with Gasteiger partial charge in [0.1, 0.15) is 0 Å². The minimum absolute atomic E-state index is 1.04. The van der Waals surface area contributed by atoms with Gasteiger partial charge in [0.25, 0.3) is 0 Å². The zero-order valence-corrected chi connectivity index (χ0v) is 8.44. The van der Waals surface area contributed by atoms with Crippen LogP contribution in [0.1, 0.15) is 5.56 Å². The van der Waals surface area contributed by atoms with Gasteiger partial charge in [0, 0.05) is 8.04 Å². The molecule has 0 aliphatic rings. The van der Waals surface area contributed by atoms with Gasteiger partial charge in [-0.05, 0) is 63.1 Å². The van der Waals surface area contributed by atoms with Crippen molar-refractivity contribution < 1.29 is 0 Å². The molecule has 0 nitrogen and oxygen atoms in total. The molecule has 0 fully saturated rings. The molecule has 1 rings (SSSR count). The summed E-state index contributed by atoms with van der Waals surface area (Å²) < 4.78 is 2.34. The van der Waals surface area contributed by atoms with Crippen LogP contribution >= 0.6 is 38.5 Å². The molecule has 0 N–H and O–H groups in total. The first-order valence-electron chi connectivity index (χ1n) is 2.47. The van der Waals surface area contributed by atoms with Crippen molar-refractivity contribution in [3.8, 4) is 0 Å². The third-order valence-corrected chi connectivity index (χ3v) is 3.32. The molecular weight excluding hydrogens is 291 g/mol. The fourth-order valence-corrected chi connectivity index (χ4v) is 1.30. The summed E-state index contributed by atoms with van der Waals surface area (Å²) in [5, 5.41) is 0. The summed E-state index contributed by atoms with van der Waals surface area (Å²) in [6.07, 6.45) is 0. The fraction of sp³-hybridized carbons (Fsp3) is 0. The highest BCUT2D eigenvalue weighted by molar-refractivity contribution is 14.1. The lowest BCUT2D eigenvalue weighted by Crippen LogP contribution is -1.75. The van der Waals surface area contributed by atoms with E-state index in [4.69, 9.17) is 0 Å². The Morgan fingerprint density at radius 3 is 2.56 bits per heavy atom. The highest BCUT2D eigenvalue weighted by Gasteiger charge is 1.92. The van der Waals surface area contributed by atoms with Crippen LogP contribution in [0.3, 0.4) is 0 Å². The number of rotatable bonds is 0. The van der Waals surface area contributed by atoms with E-state index in [0.717, 1.165) is 10.0 Å². The predicted molar refractivity (Wildman–Crippen MR) is 51.3 cm³/mol. The van der Waals surface area contributed by atoms with Crippen LogP contribution in [0.4, 0.5) is 0 Å². The summed E-state index contributed by atoms with van der Waals surface area (Å²) in [5.41, 5.74) is 1.04. The van der Waals surface area contributed by atoms with Crippen LogP contribution in [-0.2, 0) is 0 Å². The van der Waals surface area contributed by atoms with E-state index in [2.05, 4.69) is 45.4 Å². The van der Waals surface area contributed by atoms with Crippen molar-refractivity contribution in [2.75, 3.05) is 0 Å². The molecule has 0 saturated carbocycles. The Bertz CT molecular complexity index is 220. The van der Waals surface area contributed by atoms with E-state index in [1.807, 2.05) is 18.2 Å². The first-order valence-corrected chi connectivity index (χ1v) is 4.34. The van der Waals surface area contributed by atoms with E-state index in [1.165, 1.54) is 3.57 Å². The molecule has 0 heterocycles. The Labute approximate surface area is 76.9 Å². The maximum Gasteiger partial charge on any atom is 0.0311 e. The van der Waals surface area contributed by atoms with Crippen molar-refractivity contribution in [3.05, 3.63) is 38.7 Å². The smallest absolute Gasteiger partial charge is 0.0311 e. The van der Waals surface area contributed by atoms with E-state index in [-0.39, 0.29) is 0 Å². The van der Waals surface area contributed by atoms with E-state index in [9.17, 15) is 0 Å². The van der Waals surface area contributed by atoms with Gasteiger partial charge in [0.15, 0.2) is 0 Å². The van der Waals surface area contributed by atoms with Crippen molar-refractivity contribution in [1.29, 1.82) is 0 Å². The van der Waals surface area contributed by atoms with Crippen LogP contribution in [-0.4, -0.2) is 0 Å². The molecule has 2 heteroatoms. The van der Waals surface area contributed by atoms with Gasteiger partial charge in [-0.2, -0.15) is 0 Å². The Hall–Kier alpha value is 0.430. The minimum atomic E-state index is 1.04. The molecule has 1 radical (unpaired) electrons. The molecular formula is C7H5BrI. The van der Waals surface area contributed by atoms with Gasteiger partial charge in [-0.1, -0.05) is 6.07 Å². The number of benzene rings is 1. The van der Waals surface area contributed by atoms with Crippen molar-refractivity contribution in [3.63, 3.8) is 0 Å². The van der Waals surface area contributed by atoms with Gasteiger partial charge < -0.3 is 0 Å². The van der Waals surface area contributed by atoms with Gasteiger partial charge in [0.2, 0.25) is 0 Å². The van der Waals surface area contributed by atoms with Crippen LogP contribution in [0.5, 0.6) is 0 Å². The van der Waals surface area contributed by atoms with Crippen LogP contribution in [0.15, 0.2) is 22.7 Å². The fourth-order valence-electron chi connectivity index (χ4n) is 0.540. The number of hydrogen-bond donors (Lipinski definition) is 0. The van der Waals surface area contributed by atoms with Crippen molar-refractivity contribution in [2.24, 2.45) is 0 Å². The van der Waals surface area contributed by atoms with Crippen LogP contribution in [0.25, 0.3) is 0 Å². The first-order chi connectivity index (χ1) is 4.20. The third-order valence-electron chi connectivity index (χ3n) is 0.984. The van der Waals surface area contributed by atoms with E-state index in [1.54, 1.807) is 0 Å². The standard InChI is InChI=1S/C7H5BrI/c1-5-2-3-7(9)6(8)4-5/h2-4H,1H2. The molecule has 0 aromatic heterocycles. The average molecular weight is 296 g/mol. The summed E-state index contributed by atoms with van der Waals surface area (Å²) >= 11 is 5.66. The Morgan fingerprint density at radius 1 is 1.44 bits per heavy atom. The molecule has 1 aromatic carbocycles. The van der Waals surface area contributed by atoms with E-state index in [0.29, 0.717) is 0 Å². The second kappa shape index (κ2) is 3.01. The SMILES string of the molecule is [CH2]c1ccc(I)c(Br)c1. The van der Waals surface area contributed by atoms with Crippen LogP contribution in [0.2, 0.25) is 0 Å². The van der Waals surface area contributed by atoms with Crippen molar-refractivity contribution >= 4 is 38.5 Å². The second-order valence-corrected chi connectivity index (χ2v) is 3.76. The monoisotopic (exact) mass is 295 g/mol. The molecule has 0 aliphatic carbocycles. The number of halogens is 2. The number of hydrogen-bond acceptors (Lipinski definition) is 0. The third kappa shape index (κ3) is 1.93. The van der Waals surface area contributed by atoms with Crippen molar-refractivity contribution in [1.82, 2.24) is 0 Å². The molecule has 0 amide bonds. The highest BCUT2D eigenvalue weighted by Crippen LogP contribution is 2.19. The first kappa shape index (κ1) is 7.54. The predicted octanol–water partition coefficient (Wildman–Crippen LogP) is 3.24. The Kier molecular flexibility index (Phi) is 2.52. The summed E-state index contributed by atoms with van der Waals surface area (Å²) in [6.45, 7) is 3.79. The summed E-state index contributed by atoms with van der Waals surface area (Å²) in [6, 6.07) is 6.03. The molecule has 0 aliphatic heterocycles. The molecule has 9 heavy (non-hydrogen) atoms. The lowest BCUT2D eigenvalue weighted by Gasteiger charge is -1.95. The van der Waals surface area contributed by atoms with Gasteiger partial charge >= 0.3 is 0 Å². The molecule has 0 unspecified atom stereocenters. The van der Waals surface area contributed by atoms with Gasteiger partial charge in [-0.15, -0.1) is 0 Å². The molecule has 47 valence electrons. The Balaban J connectivity index is 3.17. The Morgan fingerprint density at radius 2 is 2.11 bits per heavy atom. The largest absolute Gasteiger partial charge is 0.0579 e. The van der Waals surface area contributed by atoms with Crippen LogP contribution < -0.4 is 0 Å². The maximum absolute atomic E-state index is 3.79. The normalized spacial score (nSPS) is 9.67. The van der Waals surface area contributed by atoms with E-state index < -0.39 is 0 Å². The van der Waals surface area contributed by atoms with E-state index >= 15 is 0 Å². The molecule has 0 bridgehead atoms. The zero-order chi connectivity index (χ0) is 6.85. The van der Waals surface area contributed by atoms with Gasteiger partial charge in [-0.25, -0.2) is 0 Å². The zero-order valence-electron chi connectivity index (χ0n) is 4.70. The molecule has 0 spiro atoms. The molecule has 0 saturated heterocycles. The lowest BCUT2D eigenvalue weighted by atomic mass is 10.2. The maximum atomic E-state index is 3.79. The second-order valence-electron chi connectivity index (χ2n) is 1.75. The highest BCUT2D eigenvalue weighted by atomic mass is 127. The quantitative estimate of drug-likeness (QED) is 0.645.